The van der Waals surface area contributed by atoms with E-state index in [1.54, 1.807) is 0 Å². The smallest absolute Gasteiger partial charge is 0.164 e. The van der Waals surface area contributed by atoms with Crippen molar-refractivity contribution in [1.82, 2.24) is 25.4 Å². The van der Waals surface area contributed by atoms with Crippen LogP contribution in [0.15, 0.2) is 0 Å². The van der Waals surface area contributed by atoms with Gasteiger partial charge in [0.25, 0.3) is 0 Å². The highest BCUT2D eigenvalue weighted by atomic mass is 15.2. The van der Waals surface area contributed by atoms with Gasteiger partial charge in [-0.25, -0.2) is 4.98 Å². The van der Waals surface area contributed by atoms with Crippen molar-refractivity contribution in [3.63, 3.8) is 0 Å². The lowest BCUT2D eigenvalue weighted by atomic mass is 9.94. The third-order valence-corrected chi connectivity index (χ3v) is 3.27. The number of piperidine rings is 1. The Morgan fingerprint density at radius 3 is 3.00 bits per heavy atom. The number of aryl methyl sites for hydroxylation is 1. The molecule has 1 aliphatic heterocycles. The van der Waals surface area contributed by atoms with Crippen LogP contribution in [0.1, 0.15) is 25.0 Å². The van der Waals surface area contributed by atoms with Crippen molar-refractivity contribution in [1.29, 1.82) is 0 Å². The fourth-order valence-corrected chi connectivity index (χ4v) is 2.35. The topological polar surface area (TPSA) is 56.8 Å². The molecular weight excluding hydrogens is 202 g/mol. The van der Waals surface area contributed by atoms with Gasteiger partial charge in [0.1, 0.15) is 5.82 Å². The molecule has 0 amide bonds. The highest BCUT2D eigenvalue weighted by molar-refractivity contribution is 4.89. The van der Waals surface area contributed by atoms with Crippen LogP contribution in [0.25, 0.3) is 0 Å². The number of aromatic amines is 1. The summed E-state index contributed by atoms with van der Waals surface area (Å²) in [5.74, 6) is 2.44. The molecule has 1 saturated heterocycles. The molecule has 90 valence electrons. The van der Waals surface area contributed by atoms with Crippen molar-refractivity contribution in [2.75, 3.05) is 20.1 Å². The van der Waals surface area contributed by atoms with Gasteiger partial charge in [0, 0.05) is 12.6 Å². The second-order valence-corrected chi connectivity index (χ2v) is 4.85. The van der Waals surface area contributed by atoms with E-state index in [4.69, 9.17) is 0 Å². The lowest BCUT2D eigenvalue weighted by Gasteiger charge is -2.35. The van der Waals surface area contributed by atoms with Gasteiger partial charge >= 0.3 is 0 Å². The Balaban J connectivity index is 1.81. The van der Waals surface area contributed by atoms with Gasteiger partial charge in [0.15, 0.2) is 5.82 Å². The van der Waals surface area contributed by atoms with E-state index in [0.717, 1.165) is 18.2 Å². The van der Waals surface area contributed by atoms with Crippen molar-refractivity contribution in [2.24, 2.45) is 5.92 Å². The molecule has 1 fully saturated rings. The van der Waals surface area contributed by atoms with E-state index in [1.807, 2.05) is 6.92 Å². The Morgan fingerprint density at radius 1 is 1.56 bits per heavy atom. The number of hydrogen-bond donors (Lipinski definition) is 2. The molecule has 5 nitrogen and oxygen atoms in total. The van der Waals surface area contributed by atoms with E-state index in [0.29, 0.717) is 12.0 Å². The molecule has 0 aliphatic carbocycles. The Labute approximate surface area is 96.6 Å². The van der Waals surface area contributed by atoms with E-state index < -0.39 is 0 Å². The fraction of sp³-hybridized carbons (Fsp3) is 0.818. The van der Waals surface area contributed by atoms with E-state index in [1.165, 1.54) is 19.5 Å². The number of likely N-dealkylation sites (tertiary alicyclic amines) is 1. The maximum absolute atomic E-state index is 4.30. The van der Waals surface area contributed by atoms with Crippen LogP contribution in [0.4, 0.5) is 0 Å². The maximum Gasteiger partial charge on any atom is 0.164 e. The SMILES string of the molecule is Cc1nc(CNC2CCN(C)CC2C)n[nH]1. The first kappa shape index (κ1) is 11.5. The Bertz CT molecular complexity index is 335. The highest BCUT2D eigenvalue weighted by Crippen LogP contribution is 2.15. The standard InChI is InChI=1S/C11H21N5/c1-8-7-16(3)5-4-10(8)12-6-11-13-9(2)14-15-11/h8,10,12H,4-7H2,1-3H3,(H,13,14,15). The molecule has 2 heterocycles. The van der Waals surface area contributed by atoms with Crippen LogP contribution in [-0.2, 0) is 6.54 Å². The second-order valence-electron chi connectivity index (χ2n) is 4.85. The van der Waals surface area contributed by atoms with Crippen molar-refractivity contribution >= 4 is 0 Å². The van der Waals surface area contributed by atoms with Gasteiger partial charge in [-0.1, -0.05) is 6.92 Å². The summed E-state index contributed by atoms with van der Waals surface area (Å²) >= 11 is 0. The summed E-state index contributed by atoms with van der Waals surface area (Å²) in [7, 11) is 2.19. The Morgan fingerprint density at radius 2 is 2.38 bits per heavy atom. The molecule has 16 heavy (non-hydrogen) atoms. The van der Waals surface area contributed by atoms with E-state index in [9.17, 15) is 0 Å². The molecule has 5 heteroatoms. The number of nitrogens with zero attached hydrogens (tertiary/aromatic N) is 3. The van der Waals surface area contributed by atoms with Gasteiger partial charge in [0.05, 0.1) is 6.54 Å². The van der Waals surface area contributed by atoms with Gasteiger partial charge in [-0.2, -0.15) is 5.10 Å². The van der Waals surface area contributed by atoms with Gasteiger partial charge in [-0.15, -0.1) is 0 Å². The minimum absolute atomic E-state index is 0.593. The molecule has 0 aromatic carbocycles. The molecular formula is C11H21N5. The van der Waals surface area contributed by atoms with Crippen LogP contribution in [0.3, 0.4) is 0 Å². The molecule has 2 N–H and O–H groups in total. The molecule has 1 aliphatic rings. The highest BCUT2D eigenvalue weighted by Gasteiger charge is 2.23. The van der Waals surface area contributed by atoms with Crippen LogP contribution in [0, 0.1) is 12.8 Å². The zero-order chi connectivity index (χ0) is 11.5. The van der Waals surface area contributed by atoms with E-state index >= 15 is 0 Å². The van der Waals surface area contributed by atoms with Crippen molar-refractivity contribution < 1.29 is 0 Å². The summed E-state index contributed by atoms with van der Waals surface area (Å²) in [6.45, 7) is 7.34. The van der Waals surface area contributed by atoms with Crippen molar-refractivity contribution in [3.8, 4) is 0 Å². The normalized spacial score (nSPS) is 27.2. The summed E-state index contributed by atoms with van der Waals surface area (Å²) in [6, 6.07) is 0.593. The molecule has 1 aromatic rings. The fourth-order valence-electron chi connectivity index (χ4n) is 2.35. The molecule has 0 spiro atoms. The van der Waals surface area contributed by atoms with Gasteiger partial charge in [-0.05, 0) is 32.9 Å². The summed E-state index contributed by atoms with van der Waals surface area (Å²) < 4.78 is 0. The molecule has 2 unspecified atom stereocenters. The number of nitrogens with one attached hydrogen (secondary N) is 2. The molecule has 0 bridgehead atoms. The first-order chi connectivity index (χ1) is 7.65. The summed E-state index contributed by atoms with van der Waals surface area (Å²) in [5.41, 5.74) is 0. The van der Waals surface area contributed by atoms with Crippen molar-refractivity contribution in [3.05, 3.63) is 11.6 Å². The number of rotatable bonds is 3. The second kappa shape index (κ2) is 4.93. The van der Waals surface area contributed by atoms with E-state index in [-0.39, 0.29) is 0 Å². The lowest BCUT2D eigenvalue weighted by Crippen LogP contribution is -2.46. The van der Waals surface area contributed by atoms with Crippen LogP contribution < -0.4 is 5.32 Å². The number of H-pyrrole nitrogens is 1. The number of aromatic nitrogens is 3. The zero-order valence-electron chi connectivity index (χ0n) is 10.3. The minimum Gasteiger partial charge on any atom is -0.307 e. The largest absolute Gasteiger partial charge is 0.307 e. The molecule has 2 rings (SSSR count). The average molecular weight is 223 g/mol. The summed E-state index contributed by atoms with van der Waals surface area (Å²) in [6.07, 6.45) is 1.21. The van der Waals surface area contributed by atoms with Crippen LogP contribution in [0.2, 0.25) is 0 Å². The quantitative estimate of drug-likeness (QED) is 0.785. The Hall–Kier alpha value is -0.940. The first-order valence-electron chi connectivity index (χ1n) is 5.95. The monoisotopic (exact) mass is 223 g/mol. The first-order valence-corrected chi connectivity index (χ1v) is 5.95. The maximum atomic E-state index is 4.30. The van der Waals surface area contributed by atoms with Crippen LogP contribution >= 0.6 is 0 Å². The Kier molecular flexibility index (Phi) is 3.56. The molecule has 1 aromatic heterocycles. The predicted octanol–water partition coefficient (Wildman–Crippen LogP) is 0.543. The zero-order valence-corrected chi connectivity index (χ0v) is 10.3. The third kappa shape index (κ3) is 2.80. The molecule has 0 radical (unpaired) electrons. The van der Waals surface area contributed by atoms with E-state index in [2.05, 4.69) is 39.4 Å². The van der Waals surface area contributed by atoms with Gasteiger partial charge < -0.3 is 10.2 Å². The van der Waals surface area contributed by atoms with Gasteiger partial charge in [-0.3, -0.25) is 5.10 Å². The third-order valence-electron chi connectivity index (χ3n) is 3.27. The average Bonchev–Trinajstić information content (AvgIpc) is 2.63. The number of hydrogen-bond acceptors (Lipinski definition) is 4. The summed E-state index contributed by atoms with van der Waals surface area (Å²) in [5, 5.41) is 10.5. The minimum atomic E-state index is 0.593. The van der Waals surface area contributed by atoms with Crippen LogP contribution in [-0.4, -0.2) is 46.3 Å². The predicted molar refractivity (Wildman–Crippen MR) is 63.0 cm³/mol. The molecule has 0 saturated carbocycles. The van der Waals surface area contributed by atoms with Gasteiger partial charge in [0.2, 0.25) is 0 Å². The molecule has 2 atom stereocenters. The van der Waals surface area contributed by atoms with Crippen LogP contribution in [0.5, 0.6) is 0 Å². The summed E-state index contributed by atoms with van der Waals surface area (Å²) in [4.78, 5) is 6.68. The van der Waals surface area contributed by atoms with Crippen molar-refractivity contribution in [2.45, 2.75) is 32.9 Å². The lowest BCUT2D eigenvalue weighted by molar-refractivity contribution is 0.174.